The van der Waals surface area contributed by atoms with Crippen LogP contribution in [-0.4, -0.2) is 87.9 Å². The Kier molecular flexibility index (Phi) is 10.5. The normalized spacial score (nSPS) is 18.0. The van der Waals surface area contributed by atoms with Crippen LogP contribution in [0.15, 0.2) is 40.7 Å². The van der Waals surface area contributed by atoms with Crippen molar-refractivity contribution >= 4 is 58.9 Å². The summed E-state index contributed by atoms with van der Waals surface area (Å²) in [6, 6.07) is 5.62. The minimum Gasteiger partial charge on any atom is -1.00 e. The van der Waals surface area contributed by atoms with Crippen molar-refractivity contribution in [3.63, 3.8) is 0 Å². The molecule has 0 spiro atoms. The molecule has 1 aromatic heterocycles. The van der Waals surface area contributed by atoms with Gasteiger partial charge in [-0.05, 0) is 33.7 Å². The number of aliphatic carboxylic acids is 2. The molecule has 17 heteroatoms. The molecular weight excluding hydrogens is 561 g/mol. The predicted octanol–water partition coefficient (Wildman–Crippen LogP) is -2.80. The third-order valence-electron chi connectivity index (χ3n) is 5.69. The first-order valence-corrected chi connectivity index (χ1v) is 13.3. The first-order valence-electron chi connectivity index (χ1n) is 11.3. The SMILES string of the molecule is Cn1nnnc1SCC1=C(C(=O)O)N2C(=O)[C@@H](NC(=O)Cc3ccc(NC(=O)CCC(=O)O)cc3)[C@H]2SC1.[H-].[Na+]. The molecule has 3 amide bonds. The molecule has 0 saturated carbocycles. The molecule has 0 bridgehead atoms. The zero-order chi connectivity index (χ0) is 27.4. The summed E-state index contributed by atoms with van der Waals surface area (Å²) in [4.78, 5) is 61.0. The van der Waals surface area contributed by atoms with Crippen molar-refractivity contribution in [3.05, 3.63) is 41.1 Å². The maximum Gasteiger partial charge on any atom is 1.00 e. The molecule has 3 heterocycles. The van der Waals surface area contributed by atoms with Crippen LogP contribution in [0.1, 0.15) is 19.8 Å². The molecule has 0 aliphatic carbocycles. The second-order valence-corrected chi connectivity index (χ2v) is 10.4. The molecule has 39 heavy (non-hydrogen) atoms. The predicted molar refractivity (Wildman–Crippen MR) is 136 cm³/mol. The van der Waals surface area contributed by atoms with Crippen LogP contribution in [0, 0.1) is 0 Å². The van der Waals surface area contributed by atoms with E-state index < -0.39 is 41.1 Å². The van der Waals surface area contributed by atoms with Crippen LogP contribution < -0.4 is 40.2 Å². The first-order chi connectivity index (χ1) is 18.1. The fourth-order valence-electron chi connectivity index (χ4n) is 3.85. The van der Waals surface area contributed by atoms with E-state index in [0.29, 0.717) is 33.5 Å². The molecule has 2 atom stereocenters. The Balaban J connectivity index is 0.00000280. The van der Waals surface area contributed by atoms with Crippen LogP contribution in [0.4, 0.5) is 5.69 Å². The molecule has 2 aromatic rings. The average Bonchev–Trinajstić information content (AvgIpc) is 3.29. The number of fused-ring (bicyclic) bond motifs is 1. The van der Waals surface area contributed by atoms with Crippen molar-refractivity contribution in [3.8, 4) is 0 Å². The molecule has 0 radical (unpaired) electrons. The zero-order valence-corrected chi connectivity index (χ0v) is 24.6. The molecule has 14 nitrogen and oxygen atoms in total. The second kappa shape index (κ2) is 13.4. The Morgan fingerprint density at radius 1 is 1.15 bits per heavy atom. The average molecular weight is 586 g/mol. The van der Waals surface area contributed by atoms with Gasteiger partial charge in [-0.2, -0.15) is 0 Å². The standard InChI is InChI=1S/C22H23N7O7S2.Na.H/c1-28-22(25-26-27-28)38-10-12-9-37-20-17(19(34)29(20)18(12)21(35)36)24-15(31)8-11-2-4-13(5-3-11)23-14(30)6-7-16(32)33;;/h2-5,17,20H,6-10H2,1H3,(H,23,30)(H,24,31)(H,32,33)(H,35,36);;/q;+1;-1/t17-,20-;;/m1../s1. The largest absolute Gasteiger partial charge is 1.00 e. The number of aromatic nitrogens is 4. The number of nitrogens with zero attached hydrogens (tertiary/aromatic N) is 5. The van der Waals surface area contributed by atoms with Gasteiger partial charge in [-0.25, -0.2) is 9.48 Å². The number of carbonyl (C=O) groups excluding carboxylic acids is 3. The molecule has 202 valence electrons. The molecule has 2 aliphatic rings. The van der Waals surface area contributed by atoms with Crippen LogP contribution in [-0.2, 0) is 37.4 Å². The van der Waals surface area contributed by atoms with Crippen molar-refractivity contribution in [2.24, 2.45) is 7.05 Å². The number of amides is 3. The summed E-state index contributed by atoms with van der Waals surface area (Å²) in [5.41, 5.74) is 1.59. The number of anilines is 1. The summed E-state index contributed by atoms with van der Waals surface area (Å²) >= 11 is 2.65. The van der Waals surface area contributed by atoms with E-state index in [2.05, 4.69) is 26.2 Å². The number of carboxylic acids is 2. The number of rotatable bonds is 11. The summed E-state index contributed by atoms with van der Waals surface area (Å²) < 4.78 is 1.47. The quantitative estimate of drug-likeness (QED) is 0.120. The number of thioether (sulfide) groups is 2. The molecule has 0 unspecified atom stereocenters. The summed E-state index contributed by atoms with van der Waals surface area (Å²) in [6.45, 7) is 0. The monoisotopic (exact) mass is 585 g/mol. The van der Waals surface area contributed by atoms with Gasteiger partial charge in [0.05, 0.1) is 12.8 Å². The van der Waals surface area contributed by atoms with Gasteiger partial charge in [0.15, 0.2) is 0 Å². The summed E-state index contributed by atoms with van der Waals surface area (Å²) in [6.07, 6.45) is -0.446. The number of nitrogens with one attached hydrogen (secondary N) is 2. The zero-order valence-electron chi connectivity index (χ0n) is 22.0. The van der Waals surface area contributed by atoms with E-state index in [0.717, 1.165) is 0 Å². The van der Waals surface area contributed by atoms with E-state index in [-0.39, 0.29) is 55.9 Å². The van der Waals surface area contributed by atoms with Gasteiger partial charge in [-0.15, -0.1) is 16.9 Å². The molecule has 1 aromatic carbocycles. The Labute approximate surface area is 254 Å². The smallest absolute Gasteiger partial charge is 1.00 e. The summed E-state index contributed by atoms with van der Waals surface area (Å²) in [5, 5.41) is 34.9. The van der Waals surface area contributed by atoms with Crippen molar-refractivity contribution in [2.45, 2.75) is 35.8 Å². The summed E-state index contributed by atoms with van der Waals surface area (Å²) in [7, 11) is 1.67. The minimum absolute atomic E-state index is 0. The number of carbonyl (C=O) groups is 5. The number of aryl methyl sites for hydroxylation is 1. The fraction of sp³-hybridized carbons (Fsp3) is 0.364. The maximum absolute atomic E-state index is 12.9. The molecule has 1 fully saturated rings. The van der Waals surface area contributed by atoms with Crippen LogP contribution >= 0.6 is 23.5 Å². The van der Waals surface area contributed by atoms with Crippen molar-refractivity contribution in [1.82, 2.24) is 30.4 Å². The van der Waals surface area contributed by atoms with Gasteiger partial charge in [-0.1, -0.05) is 23.9 Å². The van der Waals surface area contributed by atoms with Gasteiger partial charge >= 0.3 is 41.5 Å². The van der Waals surface area contributed by atoms with Gasteiger partial charge in [-0.3, -0.25) is 24.1 Å². The Bertz CT molecular complexity index is 1320. The van der Waals surface area contributed by atoms with E-state index in [9.17, 15) is 29.1 Å². The maximum atomic E-state index is 12.9. The van der Waals surface area contributed by atoms with Crippen LogP contribution in [0.3, 0.4) is 0 Å². The first kappa shape index (κ1) is 30.6. The van der Waals surface area contributed by atoms with Crippen LogP contribution in [0.25, 0.3) is 0 Å². The van der Waals surface area contributed by atoms with Gasteiger partial charge in [0.1, 0.15) is 17.1 Å². The van der Waals surface area contributed by atoms with Crippen molar-refractivity contribution in [1.29, 1.82) is 0 Å². The number of hydrogen-bond donors (Lipinski definition) is 4. The van der Waals surface area contributed by atoms with E-state index in [1.165, 1.54) is 33.1 Å². The minimum atomic E-state index is -1.21. The number of benzene rings is 1. The molecule has 4 rings (SSSR count). The molecule has 1 saturated heterocycles. The number of hydrogen-bond acceptors (Lipinski definition) is 10. The molecular formula is C22H24N7NaO7S2. The van der Waals surface area contributed by atoms with E-state index in [1.54, 1.807) is 31.3 Å². The second-order valence-electron chi connectivity index (χ2n) is 8.40. The Morgan fingerprint density at radius 2 is 1.87 bits per heavy atom. The van der Waals surface area contributed by atoms with Crippen LogP contribution in [0.5, 0.6) is 0 Å². The topological polar surface area (TPSA) is 197 Å². The van der Waals surface area contributed by atoms with Gasteiger partial charge in [0, 0.05) is 30.7 Å². The Morgan fingerprint density at radius 3 is 2.49 bits per heavy atom. The fourth-order valence-corrected chi connectivity index (χ4v) is 6.18. The third kappa shape index (κ3) is 7.39. The van der Waals surface area contributed by atoms with Crippen LogP contribution in [0.2, 0.25) is 0 Å². The van der Waals surface area contributed by atoms with Gasteiger partial charge < -0.3 is 22.3 Å². The summed E-state index contributed by atoms with van der Waals surface area (Å²) in [5.74, 6) is -2.93. The van der Waals surface area contributed by atoms with Crippen molar-refractivity contribution in [2.75, 3.05) is 16.8 Å². The third-order valence-corrected chi connectivity index (χ3v) is 8.13. The Hall–Kier alpha value is -2.92. The van der Waals surface area contributed by atoms with E-state index in [1.807, 2.05) is 0 Å². The number of tetrazole rings is 1. The van der Waals surface area contributed by atoms with Crippen molar-refractivity contribution < 1.29 is 65.2 Å². The van der Waals surface area contributed by atoms with Gasteiger partial charge in [0.2, 0.25) is 17.0 Å². The number of β-lactam (4-membered cyclic amide) rings is 1. The molecule has 2 aliphatic heterocycles. The molecule has 4 N–H and O–H groups in total. The van der Waals surface area contributed by atoms with E-state index >= 15 is 0 Å². The van der Waals surface area contributed by atoms with E-state index in [4.69, 9.17) is 5.11 Å². The van der Waals surface area contributed by atoms with Gasteiger partial charge in [0.25, 0.3) is 5.91 Å². The number of carboxylic acid groups (broad SMARTS) is 2.